The van der Waals surface area contributed by atoms with Crippen molar-refractivity contribution in [3.8, 4) is 0 Å². The highest BCUT2D eigenvalue weighted by Crippen LogP contribution is 2.14. The summed E-state index contributed by atoms with van der Waals surface area (Å²) < 4.78 is 26.6. The Morgan fingerprint density at radius 2 is 1.61 bits per heavy atom. The number of anilines is 1. The molecule has 2 rings (SSSR count). The van der Waals surface area contributed by atoms with Gasteiger partial charge in [0.25, 0.3) is 0 Å². The second kappa shape index (κ2) is 6.93. The first-order valence-electron chi connectivity index (χ1n) is 7.21. The maximum absolute atomic E-state index is 12.2. The van der Waals surface area contributed by atoms with E-state index in [0.717, 1.165) is 16.7 Å². The lowest BCUT2D eigenvalue weighted by Crippen LogP contribution is -2.33. The third-order valence-corrected chi connectivity index (χ3v) is 4.63. The van der Waals surface area contributed by atoms with Crippen molar-refractivity contribution in [2.75, 3.05) is 11.9 Å². The average molecular weight is 332 g/mol. The predicted molar refractivity (Wildman–Crippen MR) is 90.9 cm³/mol. The van der Waals surface area contributed by atoms with E-state index in [9.17, 15) is 13.2 Å². The Morgan fingerprint density at radius 1 is 0.957 bits per heavy atom. The van der Waals surface area contributed by atoms with Crippen LogP contribution in [0.3, 0.4) is 0 Å². The molecule has 0 heterocycles. The maximum Gasteiger partial charge on any atom is 0.241 e. The molecule has 0 fully saturated rings. The van der Waals surface area contributed by atoms with Crippen LogP contribution in [0.15, 0.2) is 47.4 Å². The summed E-state index contributed by atoms with van der Waals surface area (Å²) in [7, 11) is -3.70. The fourth-order valence-corrected chi connectivity index (χ4v) is 3.36. The van der Waals surface area contributed by atoms with Crippen LogP contribution in [0.1, 0.15) is 16.7 Å². The number of benzene rings is 2. The zero-order valence-corrected chi connectivity index (χ0v) is 14.2. The molecule has 2 aromatic carbocycles. The number of hydrogen-bond donors (Lipinski definition) is 2. The lowest BCUT2D eigenvalue weighted by atomic mass is 10.1. The molecule has 1 amide bonds. The van der Waals surface area contributed by atoms with Crippen LogP contribution in [0.5, 0.6) is 0 Å². The van der Waals surface area contributed by atoms with Crippen molar-refractivity contribution in [3.05, 3.63) is 59.2 Å². The molecule has 0 unspecified atom stereocenters. The highest BCUT2D eigenvalue weighted by molar-refractivity contribution is 7.89. The fraction of sp³-hybridized carbons (Fsp3) is 0.235. The minimum Gasteiger partial charge on any atom is -0.325 e. The van der Waals surface area contributed by atoms with E-state index in [-0.39, 0.29) is 11.4 Å². The van der Waals surface area contributed by atoms with Gasteiger partial charge in [0, 0.05) is 5.69 Å². The summed E-state index contributed by atoms with van der Waals surface area (Å²) in [5.41, 5.74) is 3.55. The molecule has 0 aliphatic carbocycles. The van der Waals surface area contributed by atoms with Crippen LogP contribution in [0.2, 0.25) is 0 Å². The number of nitrogens with one attached hydrogen (secondary N) is 2. The van der Waals surface area contributed by atoms with E-state index in [1.807, 2.05) is 45.0 Å². The molecule has 0 aliphatic heterocycles. The van der Waals surface area contributed by atoms with Gasteiger partial charge in [-0.3, -0.25) is 4.79 Å². The van der Waals surface area contributed by atoms with Gasteiger partial charge in [0.1, 0.15) is 0 Å². The van der Waals surface area contributed by atoms with Gasteiger partial charge in [-0.25, -0.2) is 13.1 Å². The van der Waals surface area contributed by atoms with E-state index in [1.54, 1.807) is 12.1 Å². The van der Waals surface area contributed by atoms with Gasteiger partial charge >= 0.3 is 0 Å². The smallest absolute Gasteiger partial charge is 0.241 e. The van der Waals surface area contributed by atoms with Gasteiger partial charge in [0.2, 0.25) is 15.9 Å². The van der Waals surface area contributed by atoms with E-state index in [4.69, 9.17) is 0 Å². The summed E-state index contributed by atoms with van der Waals surface area (Å²) >= 11 is 0. The third kappa shape index (κ3) is 4.91. The zero-order chi connectivity index (χ0) is 17.0. The molecule has 23 heavy (non-hydrogen) atoms. The molecule has 5 nitrogen and oxygen atoms in total. The highest BCUT2D eigenvalue weighted by Gasteiger charge is 2.15. The predicted octanol–water partition coefficient (Wildman–Crippen LogP) is 2.53. The first-order valence-corrected chi connectivity index (χ1v) is 8.69. The van der Waals surface area contributed by atoms with Crippen molar-refractivity contribution < 1.29 is 13.2 Å². The van der Waals surface area contributed by atoms with Crippen LogP contribution < -0.4 is 10.0 Å². The molecule has 0 radical (unpaired) electrons. The number of carbonyl (C=O) groups is 1. The van der Waals surface area contributed by atoms with Crippen molar-refractivity contribution in [1.82, 2.24) is 4.72 Å². The molecular weight excluding hydrogens is 312 g/mol. The Morgan fingerprint density at radius 3 is 2.22 bits per heavy atom. The van der Waals surface area contributed by atoms with Crippen LogP contribution in [-0.4, -0.2) is 20.9 Å². The van der Waals surface area contributed by atoms with Gasteiger partial charge in [0.15, 0.2) is 0 Å². The molecule has 0 bridgehead atoms. The quantitative estimate of drug-likeness (QED) is 0.883. The molecule has 2 aromatic rings. The van der Waals surface area contributed by atoms with E-state index >= 15 is 0 Å². The summed E-state index contributed by atoms with van der Waals surface area (Å²) in [6.07, 6.45) is 0. The summed E-state index contributed by atoms with van der Waals surface area (Å²) in [5.74, 6) is -0.411. The third-order valence-electron chi connectivity index (χ3n) is 3.23. The van der Waals surface area contributed by atoms with Gasteiger partial charge in [-0.15, -0.1) is 0 Å². The van der Waals surface area contributed by atoms with E-state index in [2.05, 4.69) is 10.0 Å². The number of hydrogen-bond acceptors (Lipinski definition) is 3. The molecule has 0 spiro atoms. The van der Waals surface area contributed by atoms with Gasteiger partial charge < -0.3 is 5.32 Å². The minimum absolute atomic E-state index is 0.150. The van der Waals surface area contributed by atoms with Crippen LogP contribution in [0.4, 0.5) is 5.69 Å². The van der Waals surface area contributed by atoms with Crippen molar-refractivity contribution in [1.29, 1.82) is 0 Å². The standard InChI is InChI=1S/C17H20N2O3S/c1-12-5-4-6-16(10-12)23(21,22)18-11-17(20)19-15-8-13(2)7-14(3)9-15/h4-10,18H,11H2,1-3H3,(H,19,20). The van der Waals surface area contributed by atoms with E-state index < -0.39 is 15.9 Å². The van der Waals surface area contributed by atoms with Crippen molar-refractivity contribution in [2.24, 2.45) is 0 Å². The van der Waals surface area contributed by atoms with Crippen molar-refractivity contribution in [2.45, 2.75) is 25.7 Å². The average Bonchev–Trinajstić information content (AvgIpc) is 2.44. The normalized spacial score (nSPS) is 11.3. The molecule has 0 saturated heterocycles. The second-order valence-corrected chi connectivity index (χ2v) is 7.33. The lowest BCUT2D eigenvalue weighted by molar-refractivity contribution is -0.115. The Balaban J connectivity index is 2.01. The first-order chi connectivity index (χ1) is 10.8. The van der Waals surface area contributed by atoms with Crippen LogP contribution in [0, 0.1) is 20.8 Å². The molecule has 2 N–H and O–H groups in total. The van der Waals surface area contributed by atoms with Gasteiger partial charge in [-0.2, -0.15) is 0 Å². The van der Waals surface area contributed by atoms with Gasteiger partial charge in [0.05, 0.1) is 11.4 Å². The van der Waals surface area contributed by atoms with E-state index in [1.165, 1.54) is 6.07 Å². The second-order valence-electron chi connectivity index (χ2n) is 5.57. The van der Waals surface area contributed by atoms with Crippen LogP contribution in [0.25, 0.3) is 0 Å². The van der Waals surface area contributed by atoms with Gasteiger partial charge in [-0.05, 0) is 61.7 Å². The molecule has 6 heteroatoms. The molecule has 0 aromatic heterocycles. The van der Waals surface area contributed by atoms with Crippen LogP contribution >= 0.6 is 0 Å². The van der Waals surface area contributed by atoms with Gasteiger partial charge in [-0.1, -0.05) is 18.2 Å². The fourth-order valence-electron chi connectivity index (χ4n) is 2.28. The Bertz CT molecular complexity index is 809. The number of sulfonamides is 1. The first kappa shape index (κ1) is 17.2. The number of rotatable bonds is 5. The topological polar surface area (TPSA) is 75.3 Å². The monoisotopic (exact) mass is 332 g/mol. The summed E-state index contributed by atoms with van der Waals surface area (Å²) in [6.45, 7) is 5.36. The molecule has 0 aliphatic rings. The Hall–Kier alpha value is -2.18. The molecular formula is C17H20N2O3S. The lowest BCUT2D eigenvalue weighted by Gasteiger charge is -2.09. The molecule has 0 atom stereocenters. The molecule has 122 valence electrons. The van der Waals surface area contributed by atoms with Crippen molar-refractivity contribution >= 4 is 21.6 Å². The summed E-state index contributed by atoms with van der Waals surface area (Å²) in [6, 6.07) is 12.2. The zero-order valence-electron chi connectivity index (χ0n) is 13.4. The number of carbonyl (C=O) groups excluding carboxylic acids is 1. The SMILES string of the molecule is Cc1cc(C)cc(NC(=O)CNS(=O)(=O)c2cccc(C)c2)c1. The number of amides is 1. The number of aryl methyl sites for hydroxylation is 3. The Labute approximate surface area is 136 Å². The van der Waals surface area contributed by atoms with E-state index in [0.29, 0.717) is 5.69 Å². The summed E-state index contributed by atoms with van der Waals surface area (Å²) in [4.78, 5) is 12.1. The highest BCUT2D eigenvalue weighted by atomic mass is 32.2. The maximum atomic E-state index is 12.2. The largest absolute Gasteiger partial charge is 0.325 e. The van der Waals surface area contributed by atoms with Crippen LogP contribution in [-0.2, 0) is 14.8 Å². The molecule has 0 saturated carbocycles. The van der Waals surface area contributed by atoms with Crippen molar-refractivity contribution in [3.63, 3.8) is 0 Å². The minimum atomic E-state index is -3.70. The Kier molecular flexibility index (Phi) is 5.18. The summed E-state index contributed by atoms with van der Waals surface area (Å²) in [5, 5.41) is 2.69.